The number of methoxy groups -OCH3 is 1. The zero-order chi connectivity index (χ0) is 21.8. The molecule has 4 rings (SSSR count). The fourth-order valence-corrected chi connectivity index (χ4v) is 4.62. The third kappa shape index (κ3) is 4.78. The van der Waals surface area contributed by atoms with Gasteiger partial charge in [0.1, 0.15) is 10.1 Å². The summed E-state index contributed by atoms with van der Waals surface area (Å²) in [5.74, 6) is 0.319. The summed E-state index contributed by atoms with van der Waals surface area (Å²) >= 11 is 6.61. The minimum absolute atomic E-state index is 0.154. The Bertz CT molecular complexity index is 1210. The van der Waals surface area contributed by atoms with Crippen LogP contribution in [0.15, 0.2) is 71.6 Å². The Morgan fingerprint density at radius 3 is 2.65 bits per heavy atom. The van der Waals surface area contributed by atoms with Crippen LogP contribution in [0.5, 0.6) is 5.75 Å². The second kappa shape index (κ2) is 9.32. The number of hydrogen-bond donors (Lipinski definition) is 1. The molecule has 0 radical (unpaired) electrons. The molecule has 3 aromatic carbocycles. The molecule has 1 heterocycles. The molecule has 0 saturated carbocycles. The molecule has 0 aliphatic carbocycles. The second-order valence-corrected chi connectivity index (χ2v) is 8.61. The van der Waals surface area contributed by atoms with Crippen molar-refractivity contribution in [3.63, 3.8) is 0 Å². The SMILES string of the molecule is COc1ccccc1C=C1SC(=S)N(CCC(=O)Nc2ccc3ccccc3c2)C1=O. The zero-order valence-electron chi connectivity index (χ0n) is 16.8. The number of thiocarbonyl (C=S) groups is 1. The van der Waals surface area contributed by atoms with Crippen LogP contribution in [0.25, 0.3) is 16.8 Å². The lowest BCUT2D eigenvalue weighted by atomic mass is 10.1. The van der Waals surface area contributed by atoms with Crippen molar-refractivity contribution in [2.45, 2.75) is 6.42 Å². The van der Waals surface area contributed by atoms with E-state index in [0.29, 0.717) is 15.0 Å². The van der Waals surface area contributed by atoms with Gasteiger partial charge in [-0.1, -0.05) is 72.5 Å². The average molecular weight is 449 g/mol. The maximum Gasteiger partial charge on any atom is 0.266 e. The molecule has 7 heteroatoms. The highest BCUT2D eigenvalue weighted by molar-refractivity contribution is 8.26. The first-order chi connectivity index (χ1) is 15.0. The molecule has 5 nitrogen and oxygen atoms in total. The summed E-state index contributed by atoms with van der Waals surface area (Å²) in [6.07, 6.45) is 1.93. The third-order valence-corrected chi connectivity index (χ3v) is 6.27. The van der Waals surface area contributed by atoms with Crippen LogP contribution in [0.4, 0.5) is 5.69 Å². The minimum Gasteiger partial charge on any atom is -0.496 e. The van der Waals surface area contributed by atoms with Gasteiger partial charge in [0.25, 0.3) is 5.91 Å². The van der Waals surface area contributed by atoms with Crippen molar-refractivity contribution in [2.24, 2.45) is 0 Å². The van der Waals surface area contributed by atoms with Crippen molar-refractivity contribution in [3.8, 4) is 5.75 Å². The maximum absolute atomic E-state index is 12.8. The number of para-hydroxylation sites is 1. The van der Waals surface area contributed by atoms with Crippen LogP contribution in [-0.2, 0) is 9.59 Å². The van der Waals surface area contributed by atoms with Gasteiger partial charge >= 0.3 is 0 Å². The van der Waals surface area contributed by atoms with Crippen molar-refractivity contribution in [2.75, 3.05) is 19.0 Å². The van der Waals surface area contributed by atoms with Crippen molar-refractivity contribution in [1.82, 2.24) is 4.90 Å². The third-order valence-electron chi connectivity index (χ3n) is 4.89. The summed E-state index contributed by atoms with van der Waals surface area (Å²) in [5, 5.41) is 5.06. The van der Waals surface area contributed by atoms with Crippen LogP contribution in [0.2, 0.25) is 0 Å². The molecule has 31 heavy (non-hydrogen) atoms. The molecule has 156 valence electrons. The maximum atomic E-state index is 12.8. The summed E-state index contributed by atoms with van der Waals surface area (Å²) in [7, 11) is 1.59. The molecular weight excluding hydrogens is 428 g/mol. The van der Waals surface area contributed by atoms with Gasteiger partial charge in [0.05, 0.1) is 12.0 Å². The van der Waals surface area contributed by atoms with E-state index in [9.17, 15) is 9.59 Å². The van der Waals surface area contributed by atoms with Crippen LogP contribution < -0.4 is 10.1 Å². The number of fused-ring (bicyclic) bond motifs is 1. The van der Waals surface area contributed by atoms with E-state index < -0.39 is 0 Å². The Labute approximate surface area is 190 Å². The Kier molecular flexibility index (Phi) is 6.34. The Morgan fingerprint density at radius 2 is 1.84 bits per heavy atom. The predicted molar refractivity (Wildman–Crippen MR) is 130 cm³/mol. The monoisotopic (exact) mass is 448 g/mol. The Hall–Kier alpha value is -3.16. The van der Waals surface area contributed by atoms with Crippen LogP contribution in [0.1, 0.15) is 12.0 Å². The fraction of sp³-hybridized carbons (Fsp3) is 0.125. The van der Waals surface area contributed by atoms with Gasteiger partial charge in [-0.25, -0.2) is 0 Å². The second-order valence-electron chi connectivity index (χ2n) is 6.94. The number of amides is 2. The first-order valence-electron chi connectivity index (χ1n) is 9.72. The highest BCUT2D eigenvalue weighted by atomic mass is 32.2. The number of benzene rings is 3. The van der Waals surface area contributed by atoms with E-state index in [4.69, 9.17) is 17.0 Å². The van der Waals surface area contributed by atoms with Crippen molar-refractivity contribution >= 4 is 62.7 Å². The normalized spacial score (nSPS) is 15.0. The van der Waals surface area contributed by atoms with Gasteiger partial charge in [0, 0.05) is 24.2 Å². The molecule has 0 bridgehead atoms. The van der Waals surface area contributed by atoms with Gasteiger partial charge in [0.15, 0.2) is 0 Å². The number of nitrogens with zero attached hydrogens (tertiary/aromatic N) is 1. The average Bonchev–Trinajstić information content (AvgIpc) is 3.05. The highest BCUT2D eigenvalue weighted by Gasteiger charge is 2.32. The van der Waals surface area contributed by atoms with Crippen LogP contribution >= 0.6 is 24.0 Å². The molecule has 0 atom stereocenters. The smallest absolute Gasteiger partial charge is 0.266 e. The summed E-state index contributed by atoms with van der Waals surface area (Å²) in [6, 6.07) is 21.2. The lowest BCUT2D eigenvalue weighted by Gasteiger charge is -2.14. The molecule has 2 amide bonds. The first-order valence-corrected chi connectivity index (χ1v) is 10.9. The van der Waals surface area contributed by atoms with E-state index in [2.05, 4.69) is 5.32 Å². The van der Waals surface area contributed by atoms with E-state index in [1.54, 1.807) is 13.2 Å². The minimum atomic E-state index is -0.195. The molecule has 0 spiro atoms. The summed E-state index contributed by atoms with van der Waals surface area (Å²) in [6.45, 7) is 0.230. The lowest BCUT2D eigenvalue weighted by molar-refractivity contribution is -0.122. The predicted octanol–water partition coefficient (Wildman–Crippen LogP) is 5.08. The zero-order valence-corrected chi connectivity index (χ0v) is 18.5. The van der Waals surface area contributed by atoms with Gasteiger partial charge in [-0.15, -0.1) is 0 Å². The summed E-state index contributed by atoms with van der Waals surface area (Å²) < 4.78 is 5.79. The van der Waals surface area contributed by atoms with Crippen molar-refractivity contribution < 1.29 is 14.3 Å². The number of carbonyl (C=O) groups excluding carboxylic acids is 2. The first kappa shape index (κ1) is 21.1. The Balaban J connectivity index is 1.39. The largest absolute Gasteiger partial charge is 0.496 e. The van der Waals surface area contributed by atoms with Crippen molar-refractivity contribution in [1.29, 1.82) is 0 Å². The van der Waals surface area contributed by atoms with Gasteiger partial charge in [-0.05, 0) is 35.0 Å². The number of hydrogen-bond acceptors (Lipinski definition) is 5. The van der Waals surface area contributed by atoms with E-state index in [1.807, 2.05) is 66.7 Å². The van der Waals surface area contributed by atoms with Crippen molar-refractivity contribution in [3.05, 3.63) is 77.2 Å². The van der Waals surface area contributed by atoms with Gasteiger partial charge < -0.3 is 10.1 Å². The molecule has 1 aliphatic heterocycles. The standard InChI is InChI=1S/C24H20N2O3S2/c1-29-20-9-5-4-8-18(20)15-21-23(28)26(24(30)31-21)13-12-22(27)25-19-11-10-16-6-2-3-7-17(16)14-19/h2-11,14-15H,12-13H2,1H3,(H,25,27). The lowest BCUT2D eigenvalue weighted by Crippen LogP contribution is -2.31. The number of thioether (sulfide) groups is 1. The molecule has 0 aromatic heterocycles. The van der Waals surface area contributed by atoms with Gasteiger partial charge in [-0.3, -0.25) is 14.5 Å². The van der Waals surface area contributed by atoms with E-state index in [-0.39, 0.29) is 24.8 Å². The molecule has 1 N–H and O–H groups in total. The summed E-state index contributed by atoms with van der Waals surface area (Å²) in [4.78, 5) is 27.2. The van der Waals surface area contributed by atoms with Crippen LogP contribution in [-0.4, -0.2) is 34.7 Å². The van der Waals surface area contributed by atoms with Gasteiger partial charge in [-0.2, -0.15) is 0 Å². The summed E-state index contributed by atoms with van der Waals surface area (Å²) in [5.41, 5.74) is 1.53. The number of ether oxygens (including phenoxy) is 1. The van der Waals surface area contributed by atoms with E-state index in [1.165, 1.54) is 16.7 Å². The van der Waals surface area contributed by atoms with E-state index in [0.717, 1.165) is 22.0 Å². The topological polar surface area (TPSA) is 58.6 Å². The molecule has 1 saturated heterocycles. The molecule has 3 aromatic rings. The fourth-order valence-electron chi connectivity index (χ4n) is 3.32. The van der Waals surface area contributed by atoms with E-state index >= 15 is 0 Å². The van der Waals surface area contributed by atoms with Crippen LogP contribution in [0, 0.1) is 0 Å². The van der Waals surface area contributed by atoms with Gasteiger partial charge in [0.2, 0.25) is 5.91 Å². The molecule has 1 fully saturated rings. The highest BCUT2D eigenvalue weighted by Crippen LogP contribution is 2.34. The Morgan fingerprint density at radius 1 is 1.10 bits per heavy atom. The number of nitrogens with one attached hydrogen (secondary N) is 1. The molecule has 0 unspecified atom stereocenters. The number of anilines is 1. The van der Waals surface area contributed by atoms with Crippen LogP contribution in [0.3, 0.4) is 0 Å². The number of carbonyl (C=O) groups is 2. The number of rotatable bonds is 6. The molecule has 1 aliphatic rings. The quantitative estimate of drug-likeness (QED) is 0.421. The molecular formula is C24H20N2O3S2.